The quantitative estimate of drug-likeness (QED) is 0.603. The number of nitro groups is 1. The first-order valence-corrected chi connectivity index (χ1v) is 7.62. The molecule has 0 amide bonds. The maximum Gasteiger partial charge on any atom is 0.314 e. The number of nitrogens with zero attached hydrogens (tertiary/aromatic N) is 2. The molecule has 1 aliphatic carbocycles. The lowest BCUT2D eigenvalue weighted by atomic mass is 9.98. The first kappa shape index (κ1) is 20.8. The van der Waals surface area contributed by atoms with Gasteiger partial charge in [-0.2, -0.15) is 0 Å². The van der Waals surface area contributed by atoms with Gasteiger partial charge in [0.1, 0.15) is 0 Å². The molecule has 1 aliphatic heterocycles. The molecule has 1 aromatic carbocycles. The molecule has 1 atom stereocenters. The number of hydrogen-bond acceptors (Lipinski definition) is 6. The van der Waals surface area contributed by atoms with E-state index >= 15 is 0 Å². The average molecular weight is 380 g/mol. The van der Waals surface area contributed by atoms with Gasteiger partial charge < -0.3 is 15.2 Å². The second-order valence-corrected chi connectivity index (χ2v) is 5.92. The molecule has 0 bridgehead atoms. The molecule has 2 N–H and O–H groups in total. The van der Waals surface area contributed by atoms with Gasteiger partial charge in [-0.3, -0.25) is 15.0 Å². The summed E-state index contributed by atoms with van der Waals surface area (Å²) in [5.41, 5.74) is 0.584. The topological polar surface area (TPSA) is 87.9 Å². The van der Waals surface area contributed by atoms with Gasteiger partial charge in [0.05, 0.1) is 12.0 Å². The fraction of sp³-hybridized carbons (Fsp3) is 0.600. The van der Waals surface area contributed by atoms with Crippen molar-refractivity contribution in [3.05, 3.63) is 27.8 Å². The highest BCUT2D eigenvalue weighted by Gasteiger charge is 2.38. The Kier molecular flexibility index (Phi) is 7.54. The third-order valence-corrected chi connectivity index (χ3v) is 4.45. The van der Waals surface area contributed by atoms with E-state index < -0.39 is 10.7 Å². The van der Waals surface area contributed by atoms with Crippen molar-refractivity contribution in [1.82, 2.24) is 10.2 Å². The van der Waals surface area contributed by atoms with Crippen molar-refractivity contribution in [2.45, 2.75) is 18.9 Å². The number of piperazine rings is 1. The fourth-order valence-electron chi connectivity index (χ4n) is 3.23. The third-order valence-electron chi connectivity index (χ3n) is 4.45. The Labute approximate surface area is 153 Å². The first-order valence-electron chi connectivity index (χ1n) is 7.62. The van der Waals surface area contributed by atoms with E-state index in [4.69, 9.17) is 4.74 Å². The molecule has 0 aromatic heterocycles. The van der Waals surface area contributed by atoms with Gasteiger partial charge in [-0.25, -0.2) is 0 Å². The van der Waals surface area contributed by atoms with E-state index in [1.807, 2.05) is 0 Å². The molecule has 24 heavy (non-hydrogen) atoms. The van der Waals surface area contributed by atoms with E-state index in [1.54, 1.807) is 6.07 Å². The number of nitro benzene ring substituents is 1. The SMILES string of the molecule is COc1cc([C@@H](C2CC2)N2CCNCC2)cc([N+](=O)[O-])c1O.Cl.Cl. The van der Waals surface area contributed by atoms with Crippen LogP contribution in [0.2, 0.25) is 0 Å². The summed E-state index contributed by atoms with van der Waals surface area (Å²) >= 11 is 0. The standard InChI is InChI=1S/C15H21N3O4.2ClH/c1-22-13-9-11(8-12(15(13)19)18(20)21)14(10-2-3-10)17-6-4-16-5-7-17;;/h8-10,14,16,19H,2-7H2,1H3;2*1H/t14-;;/m1../s1. The predicted molar refractivity (Wildman–Crippen MR) is 95.7 cm³/mol. The second-order valence-electron chi connectivity index (χ2n) is 5.92. The van der Waals surface area contributed by atoms with Gasteiger partial charge in [-0.05, 0) is 30.4 Å². The minimum Gasteiger partial charge on any atom is -0.500 e. The van der Waals surface area contributed by atoms with Crippen LogP contribution in [0.5, 0.6) is 11.5 Å². The maximum absolute atomic E-state index is 11.2. The summed E-state index contributed by atoms with van der Waals surface area (Å²) in [6, 6.07) is 3.41. The van der Waals surface area contributed by atoms with Crippen LogP contribution in [0.1, 0.15) is 24.4 Å². The van der Waals surface area contributed by atoms with Crippen LogP contribution in [0.25, 0.3) is 0 Å². The number of ether oxygens (including phenoxy) is 1. The first-order chi connectivity index (χ1) is 10.6. The lowest BCUT2D eigenvalue weighted by Crippen LogP contribution is -2.45. The Morgan fingerprint density at radius 1 is 1.33 bits per heavy atom. The van der Waals surface area contributed by atoms with Crippen molar-refractivity contribution >= 4 is 30.5 Å². The minimum absolute atomic E-state index is 0. The molecule has 0 spiro atoms. The van der Waals surface area contributed by atoms with Crippen LogP contribution < -0.4 is 10.1 Å². The van der Waals surface area contributed by atoms with Crippen molar-refractivity contribution in [2.75, 3.05) is 33.3 Å². The molecule has 2 fully saturated rings. The molecular weight excluding hydrogens is 357 g/mol. The van der Waals surface area contributed by atoms with E-state index in [0.29, 0.717) is 5.92 Å². The van der Waals surface area contributed by atoms with Gasteiger partial charge >= 0.3 is 5.69 Å². The van der Waals surface area contributed by atoms with Crippen LogP contribution in [0, 0.1) is 16.0 Å². The van der Waals surface area contributed by atoms with E-state index in [9.17, 15) is 15.2 Å². The molecule has 1 heterocycles. The van der Waals surface area contributed by atoms with Crippen molar-refractivity contribution in [3.8, 4) is 11.5 Å². The van der Waals surface area contributed by atoms with Crippen LogP contribution in [0.4, 0.5) is 5.69 Å². The maximum atomic E-state index is 11.2. The highest BCUT2D eigenvalue weighted by Crippen LogP contribution is 2.48. The van der Waals surface area contributed by atoms with Gasteiger partial charge in [0.2, 0.25) is 5.75 Å². The highest BCUT2D eigenvalue weighted by molar-refractivity contribution is 5.85. The summed E-state index contributed by atoms with van der Waals surface area (Å²) in [6.45, 7) is 3.72. The van der Waals surface area contributed by atoms with Crippen LogP contribution >= 0.6 is 24.8 Å². The smallest absolute Gasteiger partial charge is 0.314 e. The van der Waals surface area contributed by atoms with E-state index in [0.717, 1.165) is 44.6 Å². The normalized spacial score (nSPS) is 18.9. The van der Waals surface area contributed by atoms with E-state index in [2.05, 4.69) is 10.2 Å². The van der Waals surface area contributed by atoms with Crippen molar-refractivity contribution in [3.63, 3.8) is 0 Å². The summed E-state index contributed by atoms with van der Waals surface area (Å²) in [4.78, 5) is 13.0. The fourth-order valence-corrected chi connectivity index (χ4v) is 3.23. The van der Waals surface area contributed by atoms with Crippen molar-refractivity contribution in [1.29, 1.82) is 0 Å². The van der Waals surface area contributed by atoms with Gasteiger partial charge in [-0.1, -0.05) is 0 Å². The van der Waals surface area contributed by atoms with Crippen LogP contribution in [-0.2, 0) is 0 Å². The number of rotatable bonds is 5. The van der Waals surface area contributed by atoms with Gasteiger partial charge in [0, 0.05) is 38.3 Å². The molecule has 0 unspecified atom stereocenters. The summed E-state index contributed by atoms with van der Waals surface area (Å²) in [5, 5.41) is 24.5. The predicted octanol–water partition coefficient (Wildman–Crippen LogP) is 2.51. The number of methoxy groups -OCH3 is 1. The van der Waals surface area contributed by atoms with Gasteiger partial charge in [0.25, 0.3) is 0 Å². The van der Waals surface area contributed by atoms with Gasteiger partial charge in [-0.15, -0.1) is 24.8 Å². The number of nitrogens with one attached hydrogen (secondary N) is 1. The van der Waals surface area contributed by atoms with Crippen LogP contribution in [0.15, 0.2) is 12.1 Å². The van der Waals surface area contributed by atoms with Crippen molar-refractivity contribution < 1.29 is 14.8 Å². The summed E-state index contributed by atoms with van der Waals surface area (Å²) in [7, 11) is 1.42. The molecule has 3 rings (SSSR count). The molecular formula is C15H23Cl2N3O4. The molecule has 9 heteroatoms. The molecule has 1 saturated carbocycles. The monoisotopic (exact) mass is 379 g/mol. The lowest BCUT2D eigenvalue weighted by Gasteiger charge is -2.35. The minimum atomic E-state index is -0.553. The van der Waals surface area contributed by atoms with E-state index in [1.165, 1.54) is 13.2 Å². The Hall–Kier alpha value is -1.28. The molecule has 1 saturated heterocycles. The molecule has 1 aromatic rings. The Morgan fingerprint density at radius 2 is 1.96 bits per heavy atom. The zero-order valence-corrected chi connectivity index (χ0v) is 15.1. The van der Waals surface area contributed by atoms with Crippen LogP contribution in [-0.4, -0.2) is 48.2 Å². The summed E-state index contributed by atoms with van der Waals surface area (Å²) in [5.74, 6) is 0.308. The van der Waals surface area contributed by atoms with E-state index in [-0.39, 0.29) is 42.3 Å². The number of halogens is 2. The van der Waals surface area contributed by atoms with Crippen LogP contribution in [0.3, 0.4) is 0 Å². The average Bonchev–Trinajstić information content (AvgIpc) is 3.34. The van der Waals surface area contributed by atoms with Gasteiger partial charge in [0.15, 0.2) is 5.75 Å². The Morgan fingerprint density at radius 3 is 2.46 bits per heavy atom. The Bertz CT molecular complexity index is 578. The zero-order valence-electron chi connectivity index (χ0n) is 13.4. The summed E-state index contributed by atoms with van der Waals surface area (Å²) in [6.07, 6.45) is 2.29. The molecule has 7 nitrogen and oxygen atoms in total. The number of phenols is 1. The molecule has 2 aliphatic rings. The highest BCUT2D eigenvalue weighted by atomic mass is 35.5. The molecule has 0 radical (unpaired) electrons. The second kappa shape index (κ2) is 8.71. The largest absolute Gasteiger partial charge is 0.500 e. The summed E-state index contributed by atoms with van der Waals surface area (Å²) < 4.78 is 5.13. The third kappa shape index (κ3) is 4.22. The Balaban J connectivity index is 0.00000144. The number of aromatic hydroxyl groups is 1. The lowest BCUT2D eigenvalue weighted by molar-refractivity contribution is -0.386. The molecule has 136 valence electrons. The number of benzene rings is 1. The zero-order chi connectivity index (χ0) is 15.7. The number of phenolic OH excluding ortho intramolecular Hbond substituents is 1. The van der Waals surface area contributed by atoms with Crippen molar-refractivity contribution in [2.24, 2.45) is 5.92 Å². The number of hydrogen-bond donors (Lipinski definition) is 2.